The van der Waals surface area contributed by atoms with Crippen LogP contribution in [0.3, 0.4) is 0 Å². The number of halogens is 3. The van der Waals surface area contributed by atoms with Crippen molar-refractivity contribution in [3.8, 4) is 5.69 Å². The predicted molar refractivity (Wildman–Crippen MR) is 90.6 cm³/mol. The number of hydrogen-bond donors (Lipinski definition) is 1. The molecule has 5 nitrogen and oxygen atoms in total. The molecule has 0 atom stereocenters. The molecule has 0 saturated carbocycles. The van der Waals surface area contributed by atoms with Crippen LogP contribution in [0.15, 0.2) is 53.3 Å². The van der Waals surface area contributed by atoms with Crippen LogP contribution >= 0.6 is 0 Å². The van der Waals surface area contributed by atoms with E-state index in [1.165, 1.54) is 10.6 Å². The Kier molecular flexibility index (Phi) is 3.73. The van der Waals surface area contributed by atoms with Crippen molar-refractivity contribution in [3.05, 3.63) is 64.6 Å². The van der Waals surface area contributed by atoms with Gasteiger partial charge in [0.05, 0.1) is 22.9 Å². The molecule has 0 radical (unpaired) electrons. The standard InChI is InChI=1S/C18H14F3N3O2/c19-18(20,21)11-6-7-14-15(8-11)24(12-4-2-1-3-5-12)17(26)22-16(14)23-9-13(25)10-23/h1-8,13,25H,9-10H2. The third-order valence-electron chi connectivity index (χ3n) is 4.38. The quantitative estimate of drug-likeness (QED) is 0.762. The normalized spacial score (nSPS) is 15.3. The van der Waals surface area contributed by atoms with Crippen molar-refractivity contribution >= 4 is 16.7 Å². The number of aromatic nitrogens is 2. The number of aliphatic hydroxyl groups excluding tert-OH is 1. The fraction of sp³-hybridized carbons (Fsp3) is 0.222. The van der Waals surface area contributed by atoms with Gasteiger partial charge in [0, 0.05) is 18.5 Å². The molecule has 3 aromatic rings. The van der Waals surface area contributed by atoms with Crippen LogP contribution in [0.25, 0.3) is 16.6 Å². The Labute approximate surface area is 145 Å². The van der Waals surface area contributed by atoms with Crippen molar-refractivity contribution in [3.63, 3.8) is 0 Å². The van der Waals surface area contributed by atoms with Crippen LogP contribution in [0, 0.1) is 0 Å². The highest BCUT2D eigenvalue weighted by Crippen LogP contribution is 2.34. The lowest BCUT2D eigenvalue weighted by atomic mass is 10.1. The van der Waals surface area contributed by atoms with E-state index < -0.39 is 23.5 Å². The second-order valence-corrected chi connectivity index (χ2v) is 6.18. The fourth-order valence-electron chi connectivity index (χ4n) is 3.08. The first-order valence-electron chi connectivity index (χ1n) is 7.97. The summed E-state index contributed by atoms with van der Waals surface area (Å²) in [6, 6.07) is 11.7. The molecule has 0 unspecified atom stereocenters. The number of hydrogen-bond acceptors (Lipinski definition) is 4. The van der Waals surface area contributed by atoms with Gasteiger partial charge in [-0.2, -0.15) is 18.2 Å². The van der Waals surface area contributed by atoms with Crippen LogP contribution in [-0.4, -0.2) is 33.9 Å². The predicted octanol–water partition coefficient (Wildman–Crippen LogP) is 2.59. The number of alkyl halides is 3. The van der Waals surface area contributed by atoms with Crippen LogP contribution in [0.1, 0.15) is 5.56 Å². The SMILES string of the molecule is O=c1nc(N2CC(O)C2)c2ccc(C(F)(F)F)cc2n1-c1ccccc1. The molecule has 4 rings (SSSR count). The van der Waals surface area contributed by atoms with E-state index in [9.17, 15) is 23.1 Å². The molecule has 26 heavy (non-hydrogen) atoms. The number of fused-ring (bicyclic) bond motifs is 1. The van der Waals surface area contributed by atoms with Crippen molar-refractivity contribution in [2.24, 2.45) is 0 Å². The van der Waals surface area contributed by atoms with Crippen molar-refractivity contribution in [1.82, 2.24) is 9.55 Å². The van der Waals surface area contributed by atoms with Gasteiger partial charge in [-0.25, -0.2) is 4.79 Å². The smallest absolute Gasteiger partial charge is 0.389 e. The van der Waals surface area contributed by atoms with E-state index in [2.05, 4.69) is 4.98 Å². The third-order valence-corrected chi connectivity index (χ3v) is 4.38. The highest BCUT2D eigenvalue weighted by molar-refractivity contribution is 5.91. The Bertz CT molecular complexity index is 1030. The molecule has 8 heteroatoms. The van der Waals surface area contributed by atoms with Gasteiger partial charge < -0.3 is 10.0 Å². The molecule has 0 amide bonds. The van der Waals surface area contributed by atoms with Gasteiger partial charge in [-0.15, -0.1) is 0 Å². The van der Waals surface area contributed by atoms with E-state index in [0.717, 1.165) is 12.1 Å². The Balaban J connectivity index is 2.02. The summed E-state index contributed by atoms with van der Waals surface area (Å²) in [6.07, 6.45) is -5.06. The van der Waals surface area contributed by atoms with Crippen molar-refractivity contribution in [2.45, 2.75) is 12.3 Å². The average molecular weight is 361 g/mol. The summed E-state index contributed by atoms with van der Waals surface area (Å²) in [5.74, 6) is 0.288. The highest BCUT2D eigenvalue weighted by Gasteiger charge is 2.32. The molecule has 134 valence electrons. The zero-order valence-electron chi connectivity index (χ0n) is 13.4. The molecule has 0 bridgehead atoms. The summed E-state index contributed by atoms with van der Waals surface area (Å²) in [5, 5.41) is 9.93. The van der Waals surface area contributed by atoms with Crippen LogP contribution in [0.2, 0.25) is 0 Å². The summed E-state index contributed by atoms with van der Waals surface area (Å²) in [6.45, 7) is 0.579. The lowest BCUT2D eigenvalue weighted by Gasteiger charge is -2.37. The molecule has 0 aliphatic carbocycles. The Morgan fingerprint density at radius 2 is 1.77 bits per heavy atom. The minimum Gasteiger partial charge on any atom is -0.389 e. The fourth-order valence-corrected chi connectivity index (χ4v) is 3.08. The van der Waals surface area contributed by atoms with E-state index >= 15 is 0 Å². The third kappa shape index (κ3) is 2.72. The summed E-state index contributed by atoms with van der Waals surface area (Å²) in [5.41, 5.74) is -0.943. The summed E-state index contributed by atoms with van der Waals surface area (Å²) < 4.78 is 40.7. The van der Waals surface area contributed by atoms with E-state index in [-0.39, 0.29) is 24.4 Å². The minimum atomic E-state index is -4.53. The second-order valence-electron chi connectivity index (χ2n) is 6.18. The maximum atomic E-state index is 13.2. The van der Waals surface area contributed by atoms with Gasteiger partial charge in [-0.3, -0.25) is 4.57 Å². The van der Waals surface area contributed by atoms with Gasteiger partial charge in [0.1, 0.15) is 5.82 Å². The zero-order chi connectivity index (χ0) is 18.5. The number of β-amino-alcohol motifs (C(OH)–C–C–N with tert-alkyl or cyclic N) is 1. The van der Waals surface area contributed by atoms with E-state index in [1.54, 1.807) is 35.2 Å². The molecule has 1 N–H and O–H groups in total. The first-order valence-corrected chi connectivity index (χ1v) is 7.97. The zero-order valence-corrected chi connectivity index (χ0v) is 13.4. The van der Waals surface area contributed by atoms with E-state index in [4.69, 9.17) is 0 Å². The summed E-state index contributed by atoms with van der Waals surface area (Å²) >= 11 is 0. The topological polar surface area (TPSA) is 58.4 Å². The number of benzene rings is 2. The molecular weight excluding hydrogens is 347 g/mol. The maximum Gasteiger partial charge on any atom is 0.416 e. The lowest BCUT2D eigenvalue weighted by Crippen LogP contribution is -2.51. The van der Waals surface area contributed by atoms with Crippen LogP contribution in [0.5, 0.6) is 0 Å². The largest absolute Gasteiger partial charge is 0.416 e. The van der Waals surface area contributed by atoms with E-state index in [0.29, 0.717) is 11.1 Å². The van der Waals surface area contributed by atoms with Crippen LogP contribution < -0.4 is 10.6 Å². The molecule has 2 heterocycles. The number of nitrogens with zero attached hydrogens (tertiary/aromatic N) is 3. The van der Waals surface area contributed by atoms with Crippen molar-refractivity contribution in [1.29, 1.82) is 0 Å². The van der Waals surface area contributed by atoms with Gasteiger partial charge in [0.2, 0.25) is 0 Å². The van der Waals surface area contributed by atoms with Crippen LogP contribution in [-0.2, 0) is 6.18 Å². The molecule has 1 aliphatic heterocycles. The maximum absolute atomic E-state index is 13.2. The monoisotopic (exact) mass is 361 g/mol. The molecule has 1 aliphatic rings. The number of para-hydroxylation sites is 1. The van der Waals surface area contributed by atoms with Gasteiger partial charge in [-0.1, -0.05) is 18.2 Å². The molecule has 1 saturated heterocycles. The first-order chi connectivity index (χ1) is 12.3. The summed E-state index contributed by atoms with van der Waals surface area (Å²) in [4.78, 5) is 18.4. The first kappa shape index (κ1) is 16.6. The Morgan fingerprint density at radius 3 is 2.38 bits per heavy atom. The number of aliphatic hydroxyl groups is 1. The molecule has 2 aromatic carbocycles. The van der Waals surface area contributed by atoms with Crippen molar-refractivity contribution < 1.29 is 18.3 Å². The van der Waals surface area contributed by atoms with Gasteiger partial charge in [0.25, 0.3) is 0 Å². The Hall–Kier alpha value is -2.87. The lowest BCUT2D eigenvalue weighted by molar-refractivity contribution is -0.137. The second kappa shape index (κ2) is 5.84. The van der Waals surface area contributed by atoms with Crippen LogP contribution in [0.4, 0.5) is 19.0 Å². The average Bonchev–Trinajstić information content (AvgIpc) is 2.58. The highest BCUT2D eigenvalue weighted by atomic mass is 19.4. The molecule has 1 aromatic heterocycles. The molecular formula is C18H14F3N3O2. The van der Waals surface area contributed by atoms with Gasteiger partial charge >= 0.3 is 11.9 Å². The van der Waals surface area contributed by atoms with E-state index in [1.807, 2.05) is 0 Å². The molecule has 0 spiro atoms. The van der Waals surface area contributed by atoms with Gasteiger partial charge in [-0.05, 0) is 30.3 Å². The van der Waals surface area contributed by atoms with Crippen molar-refractivity contribution in [2.75, 3.05) is 18.0 Å². The number of anilines is 1. The van der Waals surface area contributed by atoms with Gasteiger partial charge in [0.15, 0.2) is 0 Å². The summed E-state index contributed by atoms with van der Waals surface area (Å²) in [7, 11) is 0. The molecule has 1 fully saturated rings. The Morgan fingerprint density at radius 1 is 1.08 bits per heavy atom. The minimum absolute atomic E-state index is 0.127. The number of rotatable bonds is 2.